The van der Waals surface area contributed by atoms with Gasteiger partial charge in [0.2, 0.25) is 0 Å². The highest BCUT2D eigenvalue weighted by molar-refractivity contribution is 14.0. The summed E-state index contributed by atoms with van der Waals surface area (Å²) < 4.78 is 0. The van der Waals surface area contributed by atoms with E-state index in [2.05, 4.69) is 25.9 Å². The summed E-state index contributed by atoms with van der Waals surface area (Å²) in [5.41, 5.74) is 2.34. The highest BCUT2D eigenvalue weighted by Crippen LogP contribution is 2.08. The summed E-state index contributed by atoms with van der Waals surface area (Å²) in [6.45, 7) is 7.06. The smallest absolute Gasteiger partial charge is 0.251 e. The van der Waals surface area contributed by atoms with E-state index in [0.717, 1.165) is 11.3 Å². The van der Waals surface area contributed by atoms with Gasteiger partial charge in [0.1, 0.15) is 0 Å². The van der Waals surface area contributed by atoms with E-state index in [1.54, 1.807) is 13.2 Å². The van der Waals surface area contributed by atoms with Crippen molar-refractivity contribution in [2.24, 2.45) is 4.99 Å². The van der Waals surface area contributed by atoms with Crippen LogP contribution in [-0.4, -0.2) is 29.4 Å². The van der Waals surface area contributed by atoms with Gasteiger partial charge in [0.05, 0.1) is 12.2 Å². The van der Waals surface area contributed by atoms with Crippen LogP contribution in [0.15, 0.2) is 53.7 Å². The molecule has 0 saturated carbocycles. The van der Waals surface area contributed by atoms with Crippen LogP contribution < -0.4 is 16.0 Å². The summed E-state index contributed by atoms with van der Waals surface area (Å²) in [5.74, 6) is 0.609. The maximum Gasteiger partial charge on any atom is 0.251 e. The van der Waals surface area contributed by atoms with Crippen LogP contribution in [0, 0.1) is 0 Å². The Bertz CT molecular complexity index is 756. The number of benzene rings is 1. The van der Waals surface area contributed by atoms with Gasteiger partial charge < -0.3 is 16.0 Å². The number of pyridine rings is 1. The number of hydrogen-bond donors (Lipinski definition) is 3. The lowest BCUT2D eigenvalue weighted by atomic mass is 10.1. The fraction of sp³-hybridized carbons (Fsp3) is 0.350. The van der Waals surface area contributed by atoms with E-state index in [-0.39, 0.29) is 35.4 Å². The normalized spacial score (nSPS) is 11.3. The minimum Gasteiger partial charge on any atom is -0.352 e. The molecule has 0 atom stereocenters. The van der Waals surface area contributed by atoms with Crippen molar-refractivity contribution in [3.05, 3.63) is 65.5 Å². The summed E-state index contributed by atoms with van der Waals surface area (Å²) >= 11 is 0. The minimum atomic E-state index is -0.261. The molecule has 1 amide bonds. The van der Waals surface area contributed by atoms with E-state index in [1.807, 2.05) is 63.2 Å². The van der Waals surface area contributed by atoms with Gasteiger partial charge in [-0.05, 0) is 50.6 Å². The van der Waals surface area contributed by atoms with Crippen LogP contribution in [0.3, 0.4) is 0 Å². The third kappa shape index (κ3) is 8.38. The number of aromatic nitrogens is 1. The highest BCUT2D eigenvalue weighted by atomic mass is 127. The highest BCUT2D eigenvalue weighted by Gasteiger charge is 2.15. The van der Waals surface area contributed by atoms with E-state index in [0.29, 0.717) is 24.6 Å². The fourth-order valence-corrected chi connectivity index (χ4v) is 2.32. The molecule has 0 fully saturated rings. The zero-order valence-electron chi connectivity index (χ0n) is 16.2. The minimum absolute atomic E-state index is 0. The molecule has 1 aromatic carbocycles. The van der Waals surface area contributed by atoms with Gasteiger partial charge in [-0.3, -0.25) is 14.8 Å². The molecule has 3 N–H and O–H groups in total. The van der Waals surface area contributed by atoms with E-state index in [1.165, 1.54) is 0 Å². The van der Waals surface area contributed by atoms with Crippen molar-refractivity contribution >= 4 is 35.8 Å². The van der Waals surface area contributed by atoms with E-state index >= 15 is 0 Å². The second-order valence-corrected chi connectivity index (χ2v) is 7.00. The lowest BCUT2D eigenvalue weighted by Gasteiger charge is -2.20. The van der Waals surface area contributed by atoms with E-state index in [9.17, 15) is 4.79 Å². The van der Waals surface area contributed by atoms with Gasteiger partial charge in [-0.1, -0.05) is 18.2 Å². The molecular formula is C20H28IN5O. The van der Waals surface area contributed by atoms with Gasteiger partial charge in [-0.2, -0.15) is 0 Å². The first-order chi connectivity index (χ1) is 12.4. The van der Waals surface area contributed by atoms with Gasteiger partial charge in [0.15, 0.2) is 5.96 Å². The largest absolute Gasteiger partial charge is 0.352 e. The molecule has 0 unspecified atom stereocenters. The summed E-state index contributed by atoms with van der Waals surface area (Å²) in [6, 6.07) is 13.4. The van der Waals surface area contributed by atoms with Gasteiger partial charge in [0.25, 0.3) is 5.91 Å². The van der Waals surface area contributed by atoms with Crippen molar-refractivity contribution in [3.8, 4) is 0 Å². The maximum absolute atomic E-state index is 12.3. The Hall–Kier alpha value is -2.16. The average Bonchev–Trinajstić information content (AvgIpc) is 2.61. The Labute approximate surface area is 178 Å². The first kappa shape index (κ1) is 22.9. The molecule has 2 rings (SSSR count). The SMILES string of the molecule is CN=C(NCc1cccc(C(=O)NC(C)(C)C)c1)NCc1ccccn1.I. The van der Waals surface area contributed by atoms with Crippen molar-refractivity contribution in [1.82, 2.24) is 20.9 Å². The van der Waals surface area contributed by atoms with Gasteiger partial charge in [0, 0.05) is 30.9 Å². The van der Waals surface area contributed by atoms with Crippen molar-refractivity contribution in [3.63, 3.8) is 0 Å². The average molecular weight is 481 g/mol. The first-order valence-corrected chi connectivity index (χ1v) is 8.63. The molecule has 0 bridgehead atoms. The van der Waals surface area contributed by atoms with Crippen molar-refractivity contribution in [2.75, 3.05) is 7.05 Å². The summed E-state index contributed by atoms with van der Waals surface area (Å²) in [4.78, 5) is 20.8. The molecule has 7 heteroatoms. The second-order valence-electron chi connectivity index (χ2n) is 7.00. The zero-order valence-corrected chi connectivity index (χ0v) is 18.6. The predicted molar refractivity (Wildman–Crippen MR) is 120 cm³/mol. The number of halogens is 1. The fourth-order valence-electron chi connectivity index (χ4n) is 2.32. The van der Waals surface area contributed by atoms with Crippen LogP contribution in [0.1, 0.15) is 42.4 Å². The summed E-state index contributed by atoms with van der Waals surface area (Å²) in [7, 11) is 1.72. The van der Waals surface area contributed by atoms with Gasteiger partial charge in [-0.25, -0.2) is 0 Å². The number of amides is 1. The number of hydrogen-bond acceptors (Lipinski definition) is 3. The molecule has 0 aliphatic heterocycles. The molecule has 0 aliphatic rings. The van der Waals surface area contributed by atoms with E-state index in [4.69, 9.17) is 0 Å². The second kappa shape index (κ2) is 10.9. The molecule has 0 spiro atoms. The lowest BCUT2D eigenvalue weighted by Crippen LogP contribution is -2.40. The number of guanidine groups is 1. The van der Waals surface area contributed by atoms with Crippen LogP contribution in [0.2, 0.25) is 0 Å². The number of carbonyl (C=O) groups excluding carboxylic acids is 1. The monoisotopic (exact) mass is 481 g/mol. The molecule has 0 radical (unpaired) electrons. The van der Waals surface area contributed by atoms with Crippen molar-refractivity contribution in [1.29, 1.82) is 0 Å². The number of nitrogens with zero attached hydrogens (tertiary/aromatic N) is 2. The summed E-state index contributed by atoms with van der Waals surface area (Å²) in [5, 5.41) is 9.45. The van der Waals surface area contributed by atoms with Gasteiger partial charge in [-0.15, -0.1) is 24.0 Å². The van der Waals surface area contributed by atoms with Crippen molar-refractivity contribution < 1.29 is 4.79 Å². The Balaban J connectivity index is 0.00000364. The van der Waals surface area contributed by atoms with Crippen LogP contribution >= 0.6 is 24.0 Å². The Morgan fingerprint density at radius 1 is 1.07 bits per heavy atom. The quantitative estimate of drug-likeness (QED) is 0.349. The molecule has 146 valence electrons. The topological polar surface area (TPSA) is 78.4 Å². The molecule has 6 nitrogen and oxygen atoms in total. The Morgan fingerprint density at radius 2 is 1.81 bits per heavy atom. The molecule has 0 saturated heterocycles. The van der Waals surface area contributed by atoms with E-state index < -0.39 is 0 Å². The lowest BCUT2D eigenvalue weighted by molar-refractivity contribution is 0.0919. The molecule has 1 heterocycles. The zero-order chi connectivity index (χ0) is 19.0. The van der Waals surface area contributed by atoms with Crippen LogP contribution in [0.5, 0.6) is 0 Å². The molecule has 0 aliphatic carbocycles. The first-order valence-electron chi connectivity index (χ1n) is 8.63. The maximum atomic E-state index is 12.3. The Kier molecular flexibility index (Phi) is 9.20. The van der Waals surface area contributed by atoms with Crippen molar-refractivity contribution in [2.45, 2.75) is 39.4 Å². The third-order valence-electron chi connectivity index (χ3n) is 3.52. The Morgan fingerprint density at radius 3 is 2.44 bits per heavy atom. The molecule has 2 aromatic rings. The molecule has 1 aromatic heterocycles. The third-order valence-corrected chi connectivity index (χ3v) is 3.52. The van der Waals surface area contributed by atoms with Crippen LogP contribution in [0.4, 0.5) is 0 Å². The number of aliphatic imine (C=N–C) groups is 1. The number of rotatable bonds is 5. The number of carbonyl (C=O) groups is 1. The molecular weight excluding hydrogens is 453 g/mol. The molecule has 27 heavy (non-hydrogen) atoms. The van der Waals surface area contributed by atoms with Crippen LogP contribution in [0.25, 0.3) is 0 Å². The predicted octanol–water partition coefficient (Wildman–Crippen LogP) is 3.09. The summed E-state index contributed by atoms with van der Waals surface area (Å²) in [6.07, 6.45) is 1.77. The van der Waals surface area contributed by atoms with Crippen LogP contribution in [-0.2, 0) is 13.1 Å². The number of nitrogens with one attached hydrogen (secondary N) is 3. The standard InChI is InChI=1S/C20H27N5O.HI/c1-20(2,3)25-18(26)16-9-7-8-15(12-16)13-23-19(21-4)24-14-17-10-5-6-11-22-17;/h5-12H,13-14H2,1-4H3,(H,25,26)(H2,21,23,24);1H. The van der Waals surface area contributed by atoms with Gasteiger partial charge >= 0.3 is 0 Å².